The minimum atomic E-state index is -0.429. The maximum atomic E-state index is 12.7. The van der Waals surface area contributed by atoms with Gasteiger partial charge < -0.3 is 19.5 Å². The highest BCUT2D eigenvalue weighted by molar-refractivity contribution is 6.00. The van der Waals surface area contributed by atoms with Gasteiger partial charge in [0.05, 0.1) is 25.0 Å². The van der Waals surface area contributed by atoms with Gasteiger partial charge in [-0.05, 0) is 111 Å². The summed E-state index contributed by atoms with van der Waals surface area (Å²) in [5, 5.41) is 2.80. The minimum absolute atomic E-state index is 0.338. The van der Waals surface area contributed by atoms with Crippen LogP contribution in [0.15, 0.2) is 54.8 Å². The van der Waals surface area contributed by atoms with Crippen LogP contribution in [0, 0.1) is 24.7 Å². The number of anilines is 1. The van der Waals surface area contributed by atoms with E-state index < -0.39 is 5.97 Å². The Bertz CT molecular complexity index is 1250. The van der Waals surface area contributed by atoms with E-state index in [0.717, 1.165) is 42.2 Å². The molecule has 1 heterocycles. The molecule has 2 aromatic carbocycles. The number of amides is 1. The fourth-order valence-electron chi connectivity index (χ4n) is 7.89. The molecule has 5 aliphatic rings. The van der Waals surface area contributed by atoms with Crippen molar-refractivity contribution in [3.8, 4) is 5.75 Å². The standard InChI is InChI=1S/C33H40N2O5/c1-22-14-28(33-19-24-15-25(20-33)17-26(16-24)21-33)6-7-30(22)39-11-8-31(36)34-29-5-3-4-27(18-29)32(37)40-23(2)35-9-12-38-13-10-35/h3-8,11,14,18,23-26H,9-10,12-13,15-17,19-21H2,1-2H3,(H,34,36). The average molecular weight is 545 g/mol. The molecule has 0 aromatic heterocycles. The zero-order valence-electron chi connectivity index (χ0n) is 23.6. The second kappa shape index (κ2) is 11.4. The Kier molecular flexibility index (Phi) is 7.69. The number of ether oxygens (including phenoxy) is 3. The lowest BCUT2D eigenvalue weighted by Crippen LogP contribution is -2.48. The molecule has 4 aliphatic carbocycles. The lowest BCUT2D eigenvalue weighted by molar-refractivity contribution is -0.112. The summed E-state index contributed by atoms with van der Waals surface area (Å²) in [7, 11) is 0. The van der Waals surface area contributed by atoms with Crippen LogP contribution in [0.3, 0.4) is 0 Å². The van der Waals surface area contributed by atoms with Gasteiger partial charge in [-0.2, -0.15) is 0 Å². The third kappa shape index (κ3) is 5.81. The zero-order chi connectivity index (χ0) is 27.7. The van der Waals surface area contributed by atoms with Crippen LogP contribution in [0.5, 0.6) is 5.75 Å². The Morgan fingerprint density at radius 2 is 1.73 bits per heavy atom. The maximum Gasteiger partial charge on any atom is 0.339 e. The first-order valence-corrected chi connectivity index (χ1v) is 14.7. The molecule has 1 unspecified atom stereocenters. The van der Waals surface area contributed by atoms with E-state index in [1.807, 2.05) is 6.92 Å². The Balaban J connectivity index is 1.03. The summed E-state index contributed by atoms with van der Waals surface area (Å²) in [5.74, 6) is 2.73. The van der Waals surface area contributed by atoms with Crippen LogP contribution in [0.4, 0.5) is 5.69 Å². The number of benzene rings is 2. The highest BCUT2D eigenvalue weighted by Gasteiger charge is 2.51. The number of carbonyl (C=O) groups is 2. The van der Waals surface area contributed by atoms with Crippen LogP contribution in [-0.4, -0.2) is 49.3 Å². The molecule has 7 heteroatoms. The van der Waals surface area contributed by atoms with Crippen LogP contribution in [0.1, 0.15) is 66.9 Å². The molecule has 1 amide bonds. The van der Waals surface area contributed by atoms with E-state index in [0.29, 0.717) is 29.9 Å². The Labute approximate surface area is 236 Å². The Morgan fingerprint density at radius 1 is 1.02 bits per heavy atom. The van der Waals surface area contributed by atoms with Gasteiger partial charge in [-0.1, -0.05) is 18.2 Å². The van der Waals surface area contributed by atoms with Crippen LogP contribution < -0.4 is 10.1 Å². The van der Waals surface area contributed by atoms with E-state index in [2.05, 4.69) is 35.3 Å². The molecular weight excluding hydrogens is 504 g/mol. The summed E-state index contributed by atoms with van der Waals surface area (Å²) in [6, 6.07) is 13.4. The van der Waals surface area contributed by atoms with Gasteiger partial charge >= 0.3 is 5.97 Å². The smallest absolute Gasteiger partial charge is 0.339 e. The van der Waals surface area contributed by atoms with Gasteiger partial charge in [-0.25, -0.2) is 4.79 Å². The number of carbonyl (C=O) groups excluding carboxylic acids is 2. The first-order chi connectivity index (χ1) is 19.4. The van der Waals surface area contributed by atoms with Gasteiger partial charge in [-0.3, -0.25) is 9.69 Å². The monoisotopic (exact) mass is 544 g/mol. The summed E-state index contributed by atoms with van der Waals surface area (Å²) in [6.07, 6.45) is 10.8. The first kappa shape index (κ1) is 27.0. The number of aryl methyl sites for hydroxylation is 1. The van der Waals surface area contributed by atoms with E-state index in [1.54, 1.807) is 24.3 Å². The van der Waals surface area contributed by atoms with E-state index in [-0.39, 0.29) is 12.1 Å². The van der Waals surface area contributed by atoms with E-state index in [4.69, 9.17) is 14.2 Å². The van der Waals surface area contributed by atoms with Gasteiger partial charge in [0.25, 0.3) is 5.91 Å². The molecule has 1 aliphatic heterocycles. The molecule has 7 rings (SSSR count). The molecule has 7 nitrogen and oxygen atoms in total. The van der Waals surface area contributed by atoms with E-state index >= 15 is 0 Å². The lowest BCUT2D eigenvalue weighted by atomic mass is 9.48. The molecule has 5 fully saturated rings. The van der Waals surface area contributed by atoms with Crippen LogP contribution in [0.25, 0.3) is 0 Å². The van der Waals surface area contributed by atoms with Crippen molar-refractivity contribution < 1.29 is 23.8 Å². The topological polar surface area (TPSA) is 77.1 Å². The third-order valence-corrected chi connectivity index (χ3v) is 9.44. The summed E-state index contributed by atoms with van der Waals surface area (Å²) >= 11 is 0. The molecule has 1 saturated heterocycles. The van der Waals surface area contributed by atoms with E-state index in [9.17, 15) is 9.59 Å². The number of morpholine rings is 1. The first-order valence-electron chi connectivity index (χ1n) is 14.7. The predicted octanol–water partition coefficient (Wildman–Crippen LogP) is 5.83. The van der Waals surface area contributed by atoms with Crippen molar-refractivity contribution in [2.75, 3.05) is 31.6 Å². The summed E-state index contributed by atoms with van der Waals surface area (Å²) < 4.78 is 16.8. The summed E-state index contributed by atoms with van der Waals surface area (Å²) in [6.45, 7) is 6.66. The fraction of sp³-hybridized carbons (Fsp3) is 0.515. The lowest BCUT2D eigenvalue weighted by Gasteiger charge is -2.57. The number of nitrogens with zero attached hydrogens (tertiary/aromatic N) is 1. The van der Waals surface area contributed by atoms with Gasteiger partial charge in [0.1, 0.15) is 5.75 Å². The molecule has 0 radical (unpaired) electrons. The maximum absolute atomic E-state index is 12.7. The highest BCUT2D eigenvalue weighted by atomic mass is 16.6. The van der Waals surface area contributed by atoms with Crippen molar-refractivity contribution in [3.05, 3.63) is 71.5 Å². The zero-order valence-corrected chi connectivity index (χ0v) is 23.6. The number of nitrogens with one attached hydrogen (secondary N) is 1. The van der Waals surface area contributed by atoms with Crippen LogP contribution >= 0.6 is 0 Å². The minimum Gasteiger partial charge on any atom is -0.465 e. The van der Waals surface area contributed by atoms with Crippen molar-refractivity contribution >= 4 is 17.6 Å². The molecular formula is C33H40N2O5. The number of hydrogen-bond donors (Lipinski definition) is 1. The van der Waals surface area contributed by atoms with Gasteiger partial charge in [-0.15, -0.1) is 0 Å². The van der Waals surface area contributed by atoms with Crippen molar-refractivity contribution in [2.45, 2.75) is 64.0 Å². The highest BCUT2D eigenvalue weighted by Crippen LogP contribution is 2.60. The van der Waals surface area contributed by atoms with Crippen molar-refractivity contribution in [1.29, 1.82) is 0 Å². The largest absolute Gasteiger partial charge is 0.465 e. The summed E-state index contributed by atoms with van der Waals surface area (Å²) in [5.41, 5.74) is 3.81. The second-order valence-electron chi connectivity index (χ2n) is 12.3. The molecule has 0 spiro atoms. The third-order valence-electron chi connectivity index (χ3n) is 9.44. The SMILES string of the molecule is Cc1cc(C23CC4CC(CC(C4)C2)C3)ccc1OC=CC(=O)Nc1cccc(C(=O)OC(C)N2CCOCC2)c1. The molecule has 212 valence electrons. The Morgan fingerprint density at radius 3 is 2.40 bits per heavy atom. The van der Waals surface area contributed by atoms with Gasteiger partial charge in [0.15, 0.2) is 6.23 Å². The summed E-state index contributed by atoms with van der Waals surface area (Å²) in [4.78, 5) is 27.3. The molecule has 1 N–H and O–H groups in total. The fourth-order valence-corrected chi connectivity index (χ4v) is 7.89. The van der Waals surface area contributed by atoms with Gasteiger partial charge in [0, 0.05) is 24.9 Å². The van der Waals surface area contributed by atoms with E-state index in [1.165, 1.54) is 56.4 Å². The van der Waals surface area contributed by atoms with Crippen molar-refractivity contribution in [2.24, 2.45) is 17.8 Å². The molecule has 1 atom stereocenters. The Hall–Kier alpha value is -3.16. The van der Waals surface area contributed by atoms with Crippen molar-refractivity contribution in [3.63, 3.8) is 0 Å². The molecule has 40 heavy (non-hydrogen) atoms. The molecule has 4 bridgehead atoms. The van der Waals surface area contributed by atoms with Crippen molar-refractivity contribution in [1.82, 2.24) is 4.90 Å². The quantitative estimate of drug-likeness (QED) is 0.256. The van der Waals surface area contributed by atoms with Crippen LogP contribution in [-0.2, 0) is 19.7 Å². The van der Waals surface area contributed by atoms with Gasteiger partial charge in [0.2, 0.25) is 0 Å². The average Bonchev–Trinajstić information content (AvgIpc) is 2.93. The molecule has 2 aromatic rings. The number of esters is 1. The number of hydrogen-bond acceptors (Lipinski definition) is 6. The number of rotatable bonds is 8. The normalized spacial score (nSPS) is 28.4. The van der Waals surface area contributed by atoms with Crippen LogP contribution in [0.2, 0.25) is 0 Å². The molecule has 4 saturated carbocycles. The second-order valence-corrected chi connectivity index (χ2v) is 12.3. The predicted molar refractivity (Wildman–Crippen MR) is 153 cm³/mol.